The maximum atomic E-state index is 13.9. The van der Waals surface area contributed by atoms with Gasteiger partial charge in [-0.2, -0.15) is 0 Å². The number of nitrogens with zero attached hydrogens (tertiary/aromatic N) is 3. The van der Waals surface area contributed by atoms with Crippen molar-refractivity contribution < 1.29 is 14.3 Å². The van der Waals surface area contributed by atoms with Crippen LogP contribution in [0.2, 0.25) is 0 Å². The third kappa shape index (κ3) is 4.44. The lowest BCUT2D eigenvalue weighted by atomic mass is 9.85. The van der Waals surface area contributed by atoms with Crippen molar-refractivity contribution in [1.29, 1.82) is 0 Å². The van der Waals surface area contributed by atoms with Gasteiger partial charge < -0.3 is 19.5 Å². The standard InChI is InChI=1S/C30H36N4O3/c1-20(2)21-8-10-22(11-9-21)29-28-24(23-6-3-4-7-25(23)31-28)18-26-30(36)33(19-27(35)34(26)29)13-5-12-32-14-16-37-17-15-32/h3-4,6-11,20,26,29,31H,5,12-19H2,1-2H3/t26-,29?/m0/s1. The quantitative estimate of drug-likeness (QED) is 0.561. The molecule has 7 nitrogen and oxygen atoms in total. The molecule has 2 fully saturated rings. The maximum Gasteiger partial charge on any atom is 0.246 e. The molecule has 0 spiro atoms. The largest absolute Gasteiger partial charge is 0.379 e. The van der Waals surface area contributed by atoms with E-state index in [-0.39, 0.29) is 24.4 Å². The van der Waals surface area contributed by atoms with Gasteiger partial charge in [0.25, 0.3) is 0 Å². The Morgan fingerprint density at radius 2 is 1.76 bits per heavy atom. The van der Waals surface area contributed by atoms with Crippen molar-refractivity contribution in [2.75, 3.05) is 45.9 Å². The van der Waals surface area contributed by atoms with Gasteiger partial charge in [0.15, 0.2) is 0 Å². The molecule has 3 aliphatic heterocycles. The molecule has 3 aromatic rings. The normalized spacial score (nSPS) is 22.6. The summed E-state index contributed by atoms with van der Waals surface area (Å²) < 4.78 is 5.44. The minimum absolute atomic E-state index is 0.0261. The maximum absolute atomic E-state index is 13.9. The van der Waals surface area contributed by atoms with Crippen molar-refractivity contribution in [1.82, 2.24) is 19.7 Å². The van der Waals surface area contributed by atoms with Gasteiger partial charge >= 0.3 is 0 Å². The molecule has 1 unspecified atom stereocenters. The number of hydrogen-bond donors (Lipinski definition) is 1. The number of aromatic nitrogens is 1. The summed E-state index contributed by atoms with van der Waals surface area (Å²) in [5.41, 5.74) is 5.56. The fraction of sp³-hybridized carbons (Fsp3) is 0.467. The first-order valence-corrected chi connectivity index (χ1v) is 13.6. The Morgan fingerprint density at radius 1 is 1.00 bits per heavy atom. The molecule has 37 heavy (non-hydrogen) atoms. The van der Waals surface area contributed by atoms with E-state index in [0.29, 0.717) is 18.9 Å². The van der Waals surface area contributed by atoms with E-state index in [1.165, 1.54) is 5.56 Å². The first kappa shape index (κ1) is 24.2. The van der Waals surface area contributed by atoms with Gasteiger partial charge in [-0.3, -0.25) is 14.5 Å². The van der Waals surface area contributed by atoms with E-state index in [1.54, 1.807) is 4.90 Å². The van der Waals surface area contributed by atoms with Crippen LogP contribution in [0.4, 0.5) is 0 Å². The number of piperazine rings is 1. The molecule has 1 aromatic heterocycles. The average Bonchev–Trinajstić information content (AvgIpc) is 3.29. The topological polar surface area (TPSA) is 68.9 Å². The smallest absolute Gasteiger partial charge is 0.246 e. The van der Waals surface area contributed by atoms with Crippen molar-refractivity contribution in [3.8, 4) is 0 Å². The number of morpholine rings is 1. The summed E-state index contributed by atoms with van der Waals surface area (Å²) in [6, 6.07) is 16.0. The molecule has 0 bridgehead atoms. The highest BCUT2D eigenvalue weighted by atomic mass is 16.5. The highest BCUT2D eigenvalue weighted by Crippen LogP contribution is 2.42. The van der Waals surface area contributed by atoms with E-state index < -0.39 is 6.04 Å². The second-order valence-corrected chi connectivity index (χ2v) is 10.9. The number of nitrogens with one attached hydrogen (secondary N) is 1. The van der Waals surface area contributed by atoms with E-state index >= 15 is 0 Å². The number of rotatable bonds is 6. The van der Waals surface area contributed by atoms with Crippen LogP contribution in [0, 0.1) is 0 Å². The molecule has 194 valence electrons. The lowest BCUT2D eigenvalue weighted by molar-refractivity contribution is -0.158. The average molecular weight is 501 g/mol. The number of para-hydroxylation sites is 1. The third-order valence-electron chi connectivity index (χ3n) is 8.27. The molecule has 0 radical (unpaired) electrons. The summed E-state index contributed by atoms with van der Waals surface area (Å²) in [7, 11) is 0. The van der Waals surface area contributed by atoms with Crippen LogP contribution >= 0.6 is 0 Å². The first-order valence-electron chi connectivity index (χ1n) is 13.6. The molecular weight excluding hydrogens is 464 g/mol. The minimum atomic E-state index is -0.480. The summed E-state index contributed by atoms with van der Waals surface area (Å²) in [6.07, 6.45) is 1.41. The Balaban J connectivity index is 1.31. The second-order valence-electron chi connectivity index (χ2n) is 10.9. The van der Waals surface area contributed by atoms with Crippen molar-refractivity contribution in [3.63, 3.8) is 0 Å². The number of carbonyl (C=O) groups excluding carboxylic acids is 2. The zero-order chi connectivity index (χ0) is 25.5. The highest BCUT2D eigenvalue weighted by Gasteiger charge is 2.48. The molecule has 0 aliphatic carbocycles. The lowest BCUT2D eigenvalue weighted by Gasteiger charge is -2.47. The SMILES string of the molecule is CC(C)c1ccc(C2c3[nH]c4ccccc4c3C[C@H]3C(=O)N(CCCN4CCOCC4)CC(=O)N23)cc1. The first-order chi connectivity index (χ1) is 18.0. The zero-order valence-electron chi connectivity index (χ0n) is 21.8. The van der Waals surface area contributed by atoms with Gasteiger partial charge in [0, 0.05) is 49.2 Å². The number of ether oxygens (including phenoxy) is 1. The van der Waals surface area contributed by atoms with Crippen LogP contribution in [-0.2, 0) is 20.7 Å². The summed E-state index contributed by atoms with van der Waals surface area (Å²) in [4.78, 5) is 37.2. The summed E-state index contributed by atoms with van der Waals surface area (Å²) in [6.45, 7) is 9.45. The number of H-pyrrole nitrogens is 1. The molecule has 3 aliphatic rings. The highest BCUT2D eigenvalue weighted by molar-refractivity contribution is 5.97. The molecule has 6 rings (SSSR count). The van der Waals surface area contributed by atoms with Crippen molar-refractivity contribution in [2.45, 2.75) is 44.7 Å². The van der Waals surface area contributed by atoms with Crippen LogP contribution in [0.5, 0.6) is 0 Å². The molecule has 1 N–H and O–H groups in total. The van der Waals surface area contributed by atoms with Crippen LogP contribution in [-0.4, -0.2) is 83.5 Å². The molecule has 2 atom stereocenters. The van der Waals surface area contributed by atoms with E-state index in [1.807, 2.05) is 17.0 Å². The van der Waals surface area contributed by atoms with Gasteiger partial charge in [-0.05, 0) is 35.1 Å². The predicted molar refractivity (Wildman–Crippen MR) is 143 cm³/mol. The van der Waals surface area contributed by atoms with Crippen molar-refractivity contribution in [2.24, 2.45) is 0 Å². The monoisotopic (exact) mass is 500 g/mol. The van der Waals surface area contributed by atoms with Crippen molar-refractivity contribution >= 4 is 22.7 Å². The van der Waals surface area contributed by atoms with Gasteiger partial charge in [-0.15, -0.1) is 0 Å². The second kappa shape index (κ2) is 9.95. The van der Waals surface area contributed by atoms with Crippen LogP contribution in [0.1, 0.15) is 54.6 Å². The van der Waals surface area contributed by atoms with Crippen LogP contribution in [0.3, 0.4) is 0 Å². The fourth-order valence-electron chi connectivity index (χ4n) is 6.23. The lowest BCUT2D eigenvalue weighted by Crippen LogP contribution is -2.63. The minimum Gasteiger partial charge on any atom is -0.379 e. The van der Waals surface area contributed by atoms with Crippen LogP contribution in [0.15, 0.2) is 48.5 Å². The molecular formula is C30H36N4O3. The Labute approximate surface area is 218 Å². The predicted octanol–water partition coefficient (Wildman–Crippen LogP) is 3.70. The zero-order valence-corrected chi connectivity index (χ0v) is 21.8. The summed E-state index contributed by atoms with van der Waals surface area (Å²) in [5, 5.41) is 1.14. The molecule has 2 saturated heterocycles. The number of hydrogen-bond acceptors (Lipinski definition) is 4. The van der Waals surface area contributed by atoms with Gasteiger partial charge in [-0.1, -0.05) is 56.3 Å². The molecule has 0 saturated carbocycles. The van der Waals surface area contributed by atoms with Crippen LogP contribution in [0.25, 0.3) is 10.9 Å². The third-order valence-corrected chi connectivity index (χ3v) is 8.27. The molecule has 7 heteroatoms. The number of fused-ring (bicyclic) bond motifs is 4. The van der Waals surface area contributed by atoms with Gasteiger partial charge in [0.05, 0.1) is 25.8 Å². The Kier molecular flexibility index (Phi) is 6.51. The number of benzene rings is 2. The van der Waals surface area contributed by atoms with E-state index in [4.69, 9.17) is 4.74 Å². The van der Waals surface area contributed by atoms with Gasteiger partial charge in [-0.25, -0.2) is 0 Å². The molecule has 4 heterocycles. The number of amides is 2. The Morgan fingerprint density at radius 3 is 2.51 bits per heavy atom. The van der Waals surface area contributed by atoms with E-state index in [2.05, 4.69) is 60.1 Å². The van der Waals surface area contributed by atoms with Gasteiger partial charge in [0.1, 0.15) is 6.04 Å². The van der Waals surface area contributed by atoms with Crippen molar-refractivity contribution in [3.05, 3.63) is 70.9 Å². The van der Waals surface area contributed by atoms with E-state index in [9.17, 15) is 9.59 Å². The Hall–Kier alpha value is -3.16. The fourth-order valence-corrected chi connectivity index (χ4v) is 6.23. The summed E-state index contributed by atoms with van der Waals surface area (Å²) in [5.74, 6) is 0.528. The number of carbonyl (C=O) groups is 2. The van der Waals surface area contributed by atoms with Crippen LogP contribution < -0.4 is 0 Å². The van der Waals surface area contributed by atoms with E-state index in [0.717, 1.165) is 67.0 Å². The number of aromatic amines is 1. The molecule has 2 amide bonds. The van der Waals surface area contributed by atoms with Gasteiger partial charge in [0.2, 0.25) is 11.8 Å². The molecule has 2 aromatic carbocycles. The summed E-state index contributed by atoms with van der Waals surface area (Å²) >= 11 is 0. The Bertz CT molecular complexity index is 1290.